The van der Waals surface area contributed by atoms with Crippen LogP contribution in [0, 0.1) is 0 Å². The lowest BCUT2D eigenvalue weighted by Gasteiger charge is -2.32. The molecule has 1 aliphatic rings. The number of aliphatic hydroxyl groups is 1. The van der Waals surface area contributed by atoms with Gasteiger partial charge in [-0.25, -0.2) is 4.79 Å². The van der Waals surface area contributed by atoms with Crippen LogP contribution in [0.15, 0.2) is 85.2 Å². The molecule has 1 fully saturated rings. The summed E-state index contributed by atoms with van der Waals surface area (Å²) in [4.78, 5) is 71.8. The van der Waals surface area contributed by atoms with Crippen LogP contribution < -0.4 is 21.3 Å². The van der Waals surface area contributed by atoms with Gasteiger partial charge >= 0.3 is 6.09 Å². The Bertz CT molecular complexity index is 1490. The quantitative estimate of drug-likeness (QED) is 0.218. The first-order valence-corrected chi connectivity index (χ1v) is 14.9. The number of nitrogens with two attached hydrogens (primary N) is 1. The average molecular weight is 631 g/mol. The minimum Gasteiger partial charge on any atom is -0.445 e. The van der Waals surface area contributed by atoms with Crippen molar-refractivity contribution < 1.29 is 33.8 Å². The fourth-order valence-corrected chi connectivity index (χ4v) is 5.24. The predicted octanol–water partition coefficient (Wildman–Crippen LogP) is 1.29. The van der Waals surface area contributed by atoms with E-state index in [9.17, 15) is 29.1 Å². The van der Waals surface area contributed by atoms with Crippen LogP contribution >= 0.6 is 0 Å². The molecule has 4 atom stereocenters. The number of carbonyl (C=O) groups excluding carboxylic acids is 5. The highest BCUT2D eigenvalue weighted by Gasteiger charge is 2.41. The Balaban J connectivity index is 1.49. The first-order chi connectivity index (χ1) is 22.1. The number of carbonyl (C=O) groups is 5. The van der Waals surface area contributed by atoms with E-state index in [1.165, 1.54) is 16.0 Å². The summed E-state index contributed by atoms with van der Waals surface area (Å²) in [6, 6.07) is 17.7. The van der Waals surface area contributed by atoms with Gasteiger partial charge in [0, 0.05) is 19.8 Å². The molecule has 242 valence electrons. The van der Waals surface area contributed by atoms with Gasteiger partial charge in [-0.1, -0.05) is 60.7 Å². The van der Waals surface area contributed by atoms with E-state index in [0.717, 1.165) is 0 Å². The van der Waals surface area contributed by atoms with Crippen LogP contribution in [0.1, 0.15) is 30.4 Å². The van der Waals surface area contributed by atoms with E-state index in [1.807, 2.05) is 6.07 Å². The standard InChI is InChI=1S/C33H38N6O7/c1-38(24-14-8-16-35-20-24)31(43)27-15-9-17-39(27)32(44)29(41)25(18-22-10-4-2-5-11-22)36-30(42)26(19-28(34)40)37-33(45)46-21-23-12-6-3-7-13-23/h2-8,10-14,16,20,25-27,29,41H,9,15,17-19,21H2,1H3,(H2,34,40)(H,36,42)(H,37,45)/t25-,26-,27-,29?/m0/s1. The molecular formula is C33H38N6O7. The lowest BCUT2D eigenvalue weighted by molar-refractivity contribution is -0.146. The number of hydrogen-bond donors (Lipinski definition) is 4. The Morgan fingerprint density at radius 2 is 1.67 bits per heavy atom. The first kappa shape index (κ1) is 33.6. The number of primary amides is 1. The number of nitrogens with one attached hydrogen (secondary N) is 2. The van der Waals surface area contributed by atoms with Crippen LogP contribution in [0.2, 0.25) is 0 Å². The van der Waals surface area contributed by atoms with E-state index < -0.39 is 54.5 Å². The second kappa shape index (κ2) is 16.1. The van der Waals surface area contributed by atoms with Crippen LogP contribution in [-0.2, 0) is 36.9 Å². The average Bonchev–Trinajstić information content (AvgIpc) is 3.56. The highest BCUT2D eigenvalue weighted by atomic mass is 16.5. The number of anilines is 1. The number of likely N-dealkylation sites (tertiary alicyclic amines) is 1. The van der Waals surface area contributed by atoms with Crippen molar-refractivity contribution in [2.75, 3.05) is 18.5 Å². The van der Waals surface area contributed by atoms with Crippen molar-refractivity contribution in [2.24, 2.45) is 5.73 Å². The van der Waals surface area contributed by atoms with Crippen LogP contribution in [0.3, 0.4) is 0 Å². The molecule has 1 unspecified atom stereocenters. The fraction of sp³-hybridized carbons (Fsp3) is 0.333. The summed E-state index contributed by atoms with van der Waals surface area (Å²) in [5.74, 6) is -2.79. The summed E-state index contributed by atoms with van der Waals surface area (Å²) in [5, 5.41) is 16.4. The second-order valence-electron chi connectivity index (χ2n) is 11.0. The summed E-state index contributed by atoms with van der Waals surface area (Å²) in [5.41, 5.74) is 7.33. The lowest BCUT2D eigenvalue weighted by Crippen LogP contribution is -2.58. The molecule has 4 rings (SSSR count). The number of amides is 5. The minimum atomic E-state index is -1.76. The molecule has 3 aromatic rings. The van der Waals surface area contributed by atoms with Crippen molar-refractivity contribution in [2.45, 2.75) is 56.5 Å². The maximum absolute atomic E-state index is 13.8. The molecule has 0 saturated carbocycles. The fourth-order valence-electron chi connectivity index (χ4n) is 5.24. The van der Waals surface area contributed by atoms with Gasteiger partial charge in [0.15, 0.2) is 6.10 Å². The van der Waals surface area contributed by atoms with Crippen molar-refractivity contribution in [3.05, 3.63) is 96.3 Å². The third-order valence-corrected chi connectivity index (χ3v) is 7.67. The van der Waals surface area contributed by atoms with E-state index in [1.54, 1.807) is 80.0 Å². The van der Waals surface area contributed by atoms with Gasteiger partial charge in [-0.05, 0) is 42.5 Å². The molecule has 0 bridgehead atoms. The van der Waals surface area contributed by atoms with Gasteiger partial charge in [0.2, 0.25) is 17.7 Å². The molecule has 0 radical (unpaired) electrons. The normalized spacial score (nSPS) is 16.0. The van der Waals surface area contributed by atoms with E-state index in [-0.39, 0.29) is 25.5 Å². The van der Waals surface area contributed by atoms with Gasteiger partial charge in [0.05, 0.1) is 24.3 Å². The van der Waals surface area contributed by atoms with Crippen molar-refractivity contribution in [3.63, 3.8) is 0 Å². The molecule has 46 heavy (non-hydrogen) atoms. The van der Waals surface area contributed by atoms with E-state index in [4.69, 9.17) is 10.5 Å². The summed E-state index contributed by atoms with van der Waals surface area (Å²) in [7, 11) is 1.59. The number of rotatable bonds is 13. The van der Waals surface area contributed by atoms with E-state index in [0.29, 0.717) is 29.7 Å². The SMILES string of the molecule is CN(C(=O)[C@@H]1CCCN1C(=O)C(O)[C@H](Cc1ccccc1)NC(=O)[C@H](CC(N)=O)NC(=O)OCc1ccccc1)c1cccnc1. The predicted molar refractivity (Wildman–Crippen MR) is 168 cm³/mol. The van der Waals surface area contributed by atoms with Crippen LogP contribution in [0.4, 0.5) is 10.5 Å². The van der Waals surface area contributed by atoms with Gasteiger partial charge in [0.25, 0.3) is 5.91 Å². The van der Waals surface area contributed by atoms with Gasteiger partial charge in [-0.2, -0.15) is 0 Å². The van der Waals surface area contributed by atoms with Crippen LogP contribution in [-0.4, -0.2) is 82.5 Å². The first-order valence-electron chi connectivity index (χ1n) is 14.9. The van der Waals surface area contributed by atoms with Crippen molar-refractivity contribution in [3.8, 4) is 0 Å². The summed E-state index contributed by atoms with van der Waals surface area (Å²) in [6.45, 7) is 0.158. The van der Waals surface area contributed by atoms with Gasteiger partial charge in [0.1, 0.15) is 18.7 Å². The number of nitrogens with zero attached hydrogens (tertiary/aromatic N) is 3. The van der Waals surface area contributed by atoms with Gasteiger partial charge in [-0.3, -0.25) is 24.2 Å². The zero-order valence-electron chi connectivity index (χ0n) is 25.5. The Morgan fingerprint density at radius 1 is 1.00 bits per heavy atom. The van der Waals surface area contributed by atoms with Gasteiger partial charge in [-0.15, -0.1) is 0 Å². The number of aliphatic hydroxyl groups excluding tert-OH is 1. The van der Waals surface area contributed by atoms with Crippen molar-refractivity contribution >= 4 is 35.4 Å². The third kappa shape index (κ3) is 9.11. The number of hydrogen-bond acceptors (Lipinski definition) is 8. The van der Waals surface area contributed by atoms with Crippen molar-refractivity contribution in [1.82, 2.24) is 20.5 Å². The molecule has 2 heterocycles. The number of aromatic nitrogens is 1. The number of likely N-dealkylation sites (N-methyl/N-ethyl adjacent to an activating group) is 1. The Morgan fingerprint density at radius 3 is 2.30 bits per heavy atom. The van der Waals surface area contributed by atoms with E-state index in [2.05, 4.69) is 15.6 Å². The molecule has 2 aromatic carbocycles. The van der Waals surface area contributed by atoms with Crippen LogP contribution in [0.5, 0.6) is 0 Å². The summed E-state index contributed by atoms with van der Waals surface area (Å²) in [6.07, 6.45) is 0.808. The topological polar surface area (TPSA) is 184 Å². The Kier molecular flexibility index (Phi) is 11.8. The third-order valence-electron chi connectivity index (χ3n) is 7.67. The number of pyridine rings is 1. The minimum absolute atomic E-state index is 0.0310. The monoisotopic (exact) mass is 630 g/mol. The lowest BCUT2D eigenvalue weighted by atomic mass is 9.99. The molecule has 0 aliphatic carbocycles. The molecule has 5 amide bonds. The number of ether oxygens (including phenoxy) is 1. The largest absolute Gasteiger partial charge is 0.445 e. The highest BCUT2D eigenvalue weighted by molar-refractivity contribution is 5.99. The molecule has 1 aliphatic heterocycles. The molecule has 13 heteroatoms. The second-order valence-corrected chi connectivity index (χ2v) is 11.0. The highest BCUT2D eigenvalue weighted by Crippen LogP contribution is 2.23. The summed E-state index contributed by atoms with van der Waals surface area (Å²) >= 11 is 0. The molecule has 0 spiro atoms. The molecular weight excluding hydrogens is 592 g/mol. The smallest absolute Gasteiger partial charge is 0.408 e. The molecule has 5 N–H and O–H groups in total. The molecule has 1 aromatic heterocycles. The maximum Gasteiger partial charge on any atom is 0.408 e. The van der Waals surface area contributed by atoms with Crippen LogP contribution in [0.25, 0.3) is 0 Å². The molecule has 1 saturated heterocycles. The van der Waals surface area contributed by atoms with Crippen molar-refractivity contribution in [1.29, 1.82) is 0 Å². The Hall–Kier alpha value is -5.30. The number of benzene rings is 2. The van der Waals surface area contributed by atoms with Gasteiger partial charge < -0.3 is 36.0 Å². The molecule has 13 nitrogen and oxygen atoms in total. The zero-order chi connectivity index (χ0) is 33.1. The maximum atomic E-state index is 13.8. The number of alkyl carbamates (subject to hydrolysis) is 1. The zero-order valence-corrected chi connectivity index (χ0v) is 25.5. The summed E-state index contributed by atoms with van der Waals surface area (Å²) < 4.78 is 5.20. The Labute approximate surface area is 266 Å². The van der Waals surface area contributed by atoms with E-state index >= 15 is 0 Å².